The Hall–Kier alpha value is -1.13. The molecule has 1 heterocycles. The Morgan fingerprint density at radius 1 is 1.47 bits per heavy atom. The molecule has 0 bridgehead atoms. The minimum absolute atomic E-state index is 0.249. The van der Waals surface area contributed by atoms with Gasteiger partial charge in [0.15, 0.2) is 0 Å². The SMILES string of the molecule is CN(Cc1cscn1)c1ccc(CCl)cc1F. The molecular formula is C12H12ClFN2S. The quantitative estimate of drug-likeness (QED) is 0.789. The molecular weight excluding hydrogens is 259 g/mol. The van der Waals surface area contributed by atoms with E-state index in [9.17, 15) is 4.39 Å². The Morgan fingerprint density at radius 2 is 2.29 bits per heavy atom. The lowest BCUT2D eigenvalue weighted by Gasteiger charge is -2.19. The molecule has 0 aliphatic rings. The van der Waals surface area contributed by atoms with Gasteiger partial charge in [-0.2, -0.15) is 0 Å². The third-order valence-electron chi connectivity index (χ3n) is 2.46. The average Bonchev–Trinajstić information content (AvgIpc) is 2.81. The van der Waals surface area contributed by atoms with Crippen molar-refractivity contribution in [1.82, 2.24) is 4.98 Å². The van der Waals surface area contributed by atoms with Gasteiger partial charge in [0.25, 0.3) is 0 Å². The van der Waals surface area contributed by atoms with E-state index < -0.39 is 0 Å². The molecule has 5 heteroatoms. The van der Waals surface area contributed by atoms with E-state index >= 15 is 0 Å². The van der Waals surface area contributed by atoms with Gasteiger partial charge in [-0.1, -0.05) is 6.07 Å². The summed E-state index contributed by atoms with van der Waals surface area (Å²) in [5, 5.41) is 1.96. The Bertz CT molecular complexity index is 487. The lowest BCUT2D eigenvalue weighted by molar-refractivity contribution is 0.620. The van der Waals surface area contributed by atoms with Crippen molar-refractivity contribution in [2.75, 3.05) is 11.9 Å². The van der Waals surface area contributed by atoms with Gasteiger partial charge >= 0.3 is 0 Å². The Morgan fingerprint density at radius 3 is 2.88 bits per heavy atom. The molecule has 17 heavy (non-hydrogen) atoms. The standard InChI is InChI=1S/C12H12ClFN2S/c1-16(6-10-7-17-8-15-10)12-3-2-9(5-13)4-11(12)14/h2-4,7-8H,5-6H2,1H3. The largest absolute Gasteiger partial charge is 0.366 e. The third kappa shape index (κ3) is 2.96. The van der Waals surface area contributed by atoms with Crippen molar-refractivity contribution in [2.24, 2.45) is 0 Å². The predicted molar refractivity (Wildman–Crippen MR) is 70.2 cm³/mol. The van der Waals surface area contributed by atoms with Crippen LogP contribution in [0.4, 0.5) is 10.1 Å². The molecule has 0 aliphatic heterocycles. The second-order valence-electron chi connectivity index (χ2n) is 3.76. The Labute approximate surface area is 109 Å². The molecule has 0 radical (unpaired) electrons. The zero-order chi connectivity index (χ0) is 12.3. The van der Waals surface area contributed by atoms with Crippen LogP contribution in [0.25, 0.3) is 0 Å². The van der Waals surface area contributed by atoms with Crippen LogP contribution in [0.2, 0.25) is 0 Å². The molecule has 0 fully saturated rings. The molecule has 0 amide bonds. The molecule has 2 rings (SSSR count). The minimum atomic E-state index is -0.249. The van der Waals surface area contributed by atoms with Gasteiger partial charge in [-0.15, -0.1) is 22.9 Å². The van der Waals surface area contributed by atoms with Gasteiger partial charge in [0.2, 0.25) is 0 Å². The molecule has 0 unspecified atom stereocenters. The summed E-state index contributed by atoms with van der Waals surface area (Å²) < 4.78 is 13.8. The van der Waals surface area contributed by atoms with Crippen LogP contribution in [-0.2, 0) is 12.4 Å². The number of rotatable bonds is 4. The second-order valence-corrected chi connectivity index (χ2v) is 4.74. The predicted octanol–water partition coefficient (Wildman–Crippen LogP) is 3.66. The van der Waals surface area contributed by atoms with Gasteiger partial charge in [0, 0.05) is 18.3 Å². The van der Waals surface area contributed by atoms with E-state index in [4.69, 9.17) is 11.6 Å². The number of thiazole rings is 1. The van der Waals surface area contributed by atoms with Crippen molar-refractivity contribution in [3.05, 3.63) is 46.2 Å². The first-order chi connectivity index (χ1) is 8.20. The summed E-state index contributed by atoms with van der Waals surface area (Å²) in [4.78, 5) is 6.01. The van der Waals surface area contributed by atoms with E-state index in [1.807, 2.05) is 23.4 Å². The summed E-state index contributed by atoms with van der Waals surface area (Å²) >= 11 is 7.20. The molecule has 1 aromatic heterocycles. The first-order valence-corrected chi connectivity index (χ1v) is 6.61. The number of aromatic nitrogens is 1. The molecule has 0 atom stereocenters. The monoisotopic (exact) mass is 270 g/mol. The summed E-state index contributed by atoms with van der Waals surface area (Å²) in [5.41, 5.74) is 4.07. The van der Waals surface area contributed by atoms with Crippen molar-refractivity contribution in [2.45, 2.75) is 12.4 Å². The van der Waals surface area contributed by atoms with Crippen LogP contribution in [0, 0.1) is 5.82 Å². The van der Waals surface area contributed by atoms with Crippen molar-refractivity contribution in [3.63, 3.8) is 0 Å². The lowest BCUT2D eigenvalue weighted by atomic mass is 10.2. The fourth-order valence-corrected chi connectivity index (χ4v) is 2.30. The van der Waals surface area contributed by atoms with Crippen molar-refractivity contribution >= 4 is 28.6 Å². The zero-order valence-electron chi connectivity index (χ0n) is 9.36. The average molecular weight is 271 g/mol. The maximum atomic E-state index is 13.8. The van der Waals surface area contributed by atoms with E-state index in [1.54, 1.807) is 11.6 Å². The van der Waals surface area contributed by atoms with Gasteiger partial charge in [-0.05, 0) is 17.7 Å². The van der Waals surface area contributed by atoms with Crippen LogP contribution >= 0.6 is 22.9 Å². The molecule has 2 nitrogen and oxygen atoms in total. The minimum Gasteiger partial charge on any atom is -0.366 e. The Kier molecular flexibility index (Phi) is 3.97. The van der Waals surface area contributed by atoms with Crippen LogP contribution in [0.1, 0.15) is 11.3 Å². The maximum Gasteiger partial charge on any atom is 0.146 e. The normalized spacial score (nSPS) is 10.5. The van der Waals surface area contributed by atoms with Gasteiger partial charge in [0.1, 0.15) is 5.82 Å². The number of hydrogen-bond donors (Lipinski definition) is 0. The van der Waals surface area contributed by atoms with Crippen molar-refractivity contribution in [3.8, 4) is 0 Å². The topological polar surface area (TPSA) is 16.1 Å². The van der Waals surface area contributed by atoms with Crippen LogP contribution in [0.3, 0.4) is 0 Å². The highest BCUT2D eigenvalue weighted by atomic mass is 35.5. The highest BCUT2D eigenvalue weighted by Gasteiger charge is 2.09. The highest BCUT2D eigenvalue weighted by molar-refractivity contribution is 7.07. The van der Waals surface area contributed by atoms with E-state index in [1.165, 1.54) is 17.4 Å². The number of nitrogens with zero attached hydrogens (tertiary/aromatic N) is 2. The first kappa shape index (κ1) is 12.3. The summed E-state index contributed by atoms with van der Waals surface area (Å²) in [5.74, 6) is 0.0772. The molecule has 90 valence electrons. The van der Waals surface area contributed by atoms with Crippen molar-refractivity contribution in [1.29, 1.82) is 0 Å². The third-order valence-corrected chi connectivity index (χ3v) is 3.40. The van der Waals surface area contributed by atoms with Gasteiger partial charge in [-0.3, -0.25) is 0 Å². The van der Waals surface area contributed by atoms with E-state index in [2.05, 4.69) is 4.98 Å². The summed E-state index contributed by atoms with van der Waals surface area (Å²) in [7, 11) is 1.85. The molecule has 0 aliphatic carbocycles. The zero-order valence-corrected chi connectivity index (χ0v) is 10.9. The van der Waals surface area contributed by atoms with E-state index in [0.29, 0.717) is 18.1 Å². The maximum absolute atomic E-state index is 13.8. The second kappa shape index (κ2) is 5.47. The smallest absolute Gasteiger partial charge is 0.146 e. The molecule has 2 aromatic rings. The van der Waals surface area contributed by atoms with Gasteiger partial charge in [-0.25, -0.2) is 9.37 Å². The number of halogens is 2. The summed E-state index contributed by atoms with van der Waals surface area (Å²) in [6.07, 6.45) is 0. The van der Waals surface area contributed by atoms with Crippen molar-refractivity contribution < 1.29 is 4.39 Å². The van der Waals surface area contributed by atoms with Crippen LogP contribution in [0.5, 0.6) is 0 Å². The van der Waals surface area contributed by atoms with Gasteiger partial charge in [0.05, 0.1) is 23.4 Å². The Balaban J connectivity index is 2.16. The molecule has 0 spiro atoms. The molecule has 1 aromatic carbocycles. The van der Waals surface area contributed by atoms with Gasteiger partial charge < -0.3 is 4.90 Å². The van der Waals surface area contributed by atoms with Crippen LogP contribution < -0.4 is 4.90 Å². The van der Waals surface area contributed by atoms with E-state index in [-0.39, 0.29) is 5.82 Å². The summed E-state index contributed by atoms with van der Waals surface area (Å²) in [6.45, 7) is 0.598. The highest BCUT2D eigenvalue weighted by Crippen LogP contribution is 2.21. The number of benzene rings is 1. The number of hydrogen-bond acceptors (Lipinski definition) is 3. The summed E-state index contributed by atoms with van der Waals surface area (Å²) in [6, 6.07) is 5.06. The molecule has 0 N–H and O–H groups in total. The molecule has 0 saturated heterocycles. The fraction of sp³-hybridized carbons (Fsp3) is 0.250. The fourth-order valence-electron chi connectivity index (χ4n) is 1.59. The lowest BCUT2D eigenvalue weighted by Crippen LogP contribution is -2.17. The van der Waals surface area contributed by atoms with Crippen LogP contribution in [-0.4, -0.2) is 12.0 Å². The first-order valence-electron chi connectivity index (χ1n) is 5.13. The van der Waals surface area contributed by atoms with Crippen LogP contribution in [0.15, 0.2) is 29.1 Å². The number of anilines is 1. The molecule has 0 saturated carbocycles. The van der Waals surface area contributed by atoms with E-state index in [0.717, 1.165) is 11.3 Å². The number of alkyl halides is 1.